The van der Waals surface area contributed by atoms with Crippen LogP contribution in [0.5, 0.6) is 0 Å². The lowest BCUT2D eigenvalue weighted by atomic mass is 10.1. The Bertz CT molecular complexity index is 495. The summed E-state index contributed by atoms with van der Waals surface area (Å²) in [7, 11) is -2.05. The third-order valence-corrected chi connectivity index (χ3v) is 9.23. The number of allylic oxidation sites excluding steroid dienone is 1. The molecular formula is C20H37NO4Si. The molecule has 6 heteroatoms. The molecule has 0 aromatic heterocycles. The Morgan fingerprint density at radius 2 is 1.88 bits per heavy atom. The SMILES string of the molecule is C=CCN(C(=O)OCCCC)[C@H](CO[Si](C)(C)C(C)(C)C)C(=O)C=CC. The summed E-state index contributed by atoms with van der Waals surface area (Å²) in [4.78, 5) is 26.6. The Balaban J connectivity index is 5.42. The van der Waals surface area contributed by atoms with Gasteiger partial charge in [0.2, 0.25) is 0 Å². The second-order valence-corrected chi connectivity index (χ2v) is 12.7. The predicted molar refractivity (Wildman–Crippen MR) is 110 cm³/mol. The lowest BCUT2D eigenvalue weighted by Crippen LogP contribution is -2.51. The fourth-order valence-electron chi connectivity index (χ4n) is 1.96. The van der Waals surface area contributed by atoms with Crippen molar-refractivity contribution in [1.29, 1.82) is 0 Å². The van der Waals surface area contributed by atoms with Crippen molar-refractivity contribution in [3.8, 4) is 0 Å². The average molecular weight is 384 g/mol. The first kappa shape index (κ1) is 24.6. The van der Waals surface area contributed by atoms with Crippen LogP contribution in [-0.2, 0) is 14.0 Å². The number of hydrogen-bond donors (Lipinski definition) is 0. The van der Waals surface area contributed by atoms with Gasteiger partial charge >= 0.3 is 6.09 Å². The van der Waals surface area contributed by atoms with E-state index in [1.54, 1.807) is 19.1 Å². The normalized spacial score (nSPS) is 13.5. The molecule has 0 spiro atoms. The highest BCUT2D eigenvalue weighted by Gasteiger charge is 2.39. The van der Waals surface area contributed by atoms with E-state index in [4.69, 9.17) is 9.16 Å². The zero-order valence-corrected chi connectivity index (χ0v) is 18.6. The topological polar surface area (TPSA) is 55.8 Å². The molecule has 0 aromatic rings. The number of rotatable bonds is 11. The van der Waals surface area contributed by atoms with Gasteiger partial charge in [0.05, 0.1) is 13.2 Å². The number of ether oxygens (including phenoxy) is 1. The highest BCUT2D eigenvalue weighted by atomic mass is 28.4. The van der Waals surface area contributed by atoms with Gasteiger partial charge < -0.3 is 9.16 Å². The average Bonchev–Trinajstić information content (AvgIpc) is 2.53. The lowest BCUT2D eigenvalue weighted by molar-refractivity contribution is -0.120. The largest absolute Gasteiger partial charge is 0.449 e. The van der Waals surface area contributed by atoms with Crippen molar-refractivity contribution < 1.29 is 18.8 Å². The van der Waals surface area contributed by atoms with Crippen LogP contribution in [0.2, 0.25) is 18.1 Å². The first-order valence-electron chi connectivity index (χ1n) is 9.36. The number of amides is 1. The van der Waals surface area contributed by atoms with Crippen LogP contribution < -0.4 is 0 Å². The molecule has 0 saturated carbocycles. The van der Waals surface area contributed by atoms with E-state index in [1.807, 2.05) is 6.92 Å². The Labute approximate surface area is 160 Å². The number of unbranched alkanes of at least 4 members (excludes halogenated alkanes) is 1. The molecule has 0 aliphatic heterocycles. The summed E-state index contributed by atoms with van der Waals surface area (Å²) in [5.74, 6) is -0.166. The molecule has 0 rings (SSSR count). The van der Waals surface area contributed by atoms with E-state index in [1.165, 1.54) is 11.0 Å². The fraction of sp³-hybridized carbons (Fsp3) is 0.700. The second-order valence-electron chi connectivity index (χ2n) is 7.90. The molecule has 0 aromatic carbocycles. The molecule has 5 nitrogen and oxygen atoms in total. The minimum absolute atomic E-state index is 0.0199. The standard InChI is InChI=1S/C20H37NO4Si/c1-9-12-15-24-19(23)21(14-11-3)17(18(22)13-10-2)16-25-26(7,8)20(4,5)6/h10-11,13,17H,3,9,12,14-16H2,1-2,4-8H3/t17-/m1/s1. The smallest absolute Gasteiger partial charge is 0.410 e. The van der Waals surface area contributed by atoms with E-state index in [0.29, 0.717) is 6.61 Å². The Hall–Kier alpha value is -1.40. The van der Waals surface area contributed by atoms with Crippen LogP contribution in [0, 0.1) is 0 Å². The summed E-state index contributed by atoms with van der Waals surface area (Å²) >= 11 is 0. The van der Waals surface area contributed by atoms with Crippen molar-refractivity contribution in [2.45, 2.75) is 71.6 Å². The highest BCUT2D eigenvalue weighted by molar-refractivity contribution is 6.74. The summed E-state index contributed by atoms with van der Waals surface area (Å²) in [6.45, 7) is 18.9. The number of nitrogens with zero attached hydrogens (tertiary/aromatic N) is 1. The monoisotopic (exact) mass is 383 g/mol. The molecule has 0 heterocycles. The van der Waals surface area contributed by atoms with Gasteiger partial charge in [-0.25, -0.2) is 4.79 Å². The molecule has 1 atom stereocenters. The van der Waals surface area contributed by atoms with Crippen molar-refractivity contribution >= 4 is 20.2 Å². The van der Waals surface area contributed by atoms with Gasteiger partial charge in [0, 0.05) is 6.54 Å². The van der Waals surface area contributed by atoms with E-state index < -0.39 is 20.5 Å². The molecule has 150 valence electrons. The second kappa shape index (κ2) is 11.3. The molecule has 0 aliphatic rings. The summed E-state index contributed by atoms with van der Waals surface area (Å²) in [5.41, 5.74) is 0. The van der Waals surface area contributed by atoms with Gasteiger partial charge in [-0.15, -0.1) is 6.58 Å². The lowest BCUT2D eigenvalue weighted by Gasteiger charge is -2.38. The van der Waals surface area contributed by atoms with Gasteiger partial charge in [0.25, 0.3) is 0 Å². The summed E-state index contributed by atoms with van der Waals surface area (Å²) in [6, 6.07) is -0.715. The molecule has 1 amide bonds. The zero-order chi connectivity index (χ0) is 20.4. The van der Waals surface area contributed by atoms with Gasteiger partial charge in [0.15, 0.2) is 14.1 Å². The van der Waals surface area contributed by atoms with E-state index in [2.05, 4.69) is 40.4 Å². The molecule has 26 heavy (non-hydrogen) atoms. The molecule has 0 fully saturated rings. The van der Waals surface area contributed by atoms with Crippen molar-refractivity contribution in [1.82, 2.24) is 4.90 Å². The molecular weight excluding hydrogens is 346 g/mol. The van der Waals surface area contributed by atoms with Crippen molar-refractivity contribution in [3.05, 3.63) is 24.8 Å². The third-order valence-electron chi connectivity index (χ3n) is 4.73. The molecule has 0 aliphatic carbocycles. The molecule has 0 bridgehead atoms. The molecule has 0 saturated heterocycles. The van der Waals surface area contributed by atoms with Gasteiger partial charge in [0.1, 0.15) is 6.04 Å². The maximum atomic E-state index is 12.6. The third kappa shape index (κ3) is 7.87. The van der Waals surface area contributed by atoms with Crippen LogP contribution in [-0.4, -0.2) is 50.9 Å². The molecule has 0 unspecified atom stereocenters. The van der Waals surface area contributed by atoms with Gasteiger partial charge in [-0.3, -0.25) is 9.69 Å². The van der Waals surface area contributed by atoms with Crippen molar-refractivity contribution in [2.75, 3.05) is 19.8 Å². The van der Waals surface area contributed by atoms with Crippen LogP contribution in [0.1, 0.15) is 47.5 Å². The quantitative estimate of drug-likeness (QED) is 0.219. The Morgan fingerprint density at radius 3 is 2.35 bits per heavy atom. The maximum absolute atomic E-state index is 12.6. The number of carbonyl (C=O) groups excluding carboxylic acids is 2. The van der Waals surface area contributed by atoms with E-state index in [0.717, 1.165) is 12.8 Å². The van der Waals surface area contributed by atoms with E-state index >= 15 is 0 Å². The van der Waals surface area contributed by atoms with Crippen LogP contribution in [0.4, 0.5) is 4.79 Å². The van der Waals surface area contributed by atoms with Crippen molar-refractivity contribution in [3.63, 3.8) is 0 Å². The fourth-order valence-corrected chi connectivity index (χ4v) is 2.97. The molecule has 0 N–H and O–H groups in total. The minimum Gasteiger partial charge on any atom is -0.449 e. The summed E-state index contributed by atoms with van der Waals surface area (Å²) in [6.07, 6.45) is 5.99. The Kier molecular flexibility index (Phi) is 10.7. The highest BCUT2D eigenvalue weighted by Crippen LogP contribution is 2.36. The maximum Gasteiger partial charge on any atom is 0.410 e. The first-order valence-corrected chi connectivity index (χ1v) is 12.3. The summed E-state index contributed by atoms with van der Waals surface area (Å²) < 4.78 is 11.6. The van der Waals surface area contributed by atoms with Gasteiger partial charge in [-0.2, -0.15) is 0 Å². The first-order chi connectivity index (χ1) is 12.0. The van der Waals surface area contributed by atoms with Crippen LogP contribution in [0.25, 0.3) is 0 Å². The number of hydrogen-bond acceptors (Lipinski definition) is 4. The van der Waals surface area contributed by atoms with Crippen LogP contribution >= 0.6 is 0 Å². The minimum atomic E-state index is -2.05. The zero-order valence-electron chi connectivity index (χ0n) is 17.6. The van der Waals surface area contributed by atoms with Crippen molar-refractivity contribution in [2.24, 2.45) is 0 Å². The van der Waals surface area contributed by atoms with Crippen LogP contribution in [0.15, 0.2) is 24.8 Å². The van der Waals surface area contributed by atoms with Gasteiger partial charge in [-0.05, 0) is 37.6 Å². The Morgan fingerprint density at radius 1 is 1.27 bits per heavy atom. The number of carbonyl (C=O) groups is 2. The van der Waals surface area contributed by atoms with E-state index in [-0.39, 0.29) is 24.0 Å². The summed E-state index contributed by atoms with van der Waals surface area (Å²) in [5, 5.41) is 0.0199. The molecule has 0 radical (unpaired) electrons. The van der Waals surface area contributed by atoms with E-state index in [9.17, 15) is 9.59 Å². The predicted octanol–water partition coefficient (Wildman–Crippen LogP) is 4.95. The van der Waals surface area contributed by atoms with Crippen LogP contribution in [0.3, 0.4) is 0 Å². The van der Waals surface area contributed by atoms with Gasteiger partial charge in [-0.1, -0.05) is 46.3 Å². The number of ketones is 1.